The maximum absolute atomic E-state index is 13.5. The number of halogens is 1. The average Bonchev–Trinajstić information content (AvgIpc) is 2.69. The zero-order valence-electron chi connectivity index (χ0n) is 15.4. The Labute approximate surface area is 157 Å². The van der Waals surface area contributed by atoms with Gasteiger partial charge in [0.2, 0.25) is 0 Å². The number of hydrogen-bond donors (Lipinski definition) is 2. The van der Waals surface area contributed by atoms with Crippen LogP contribution in [0.1, 0.15) is 11.1 Å². The largest absolute Gasteiger partial charge is 0.493 e. The summed E-state index contributed by atoms with van der Waals surface area (Å²) in [5.74, 6) is -0.555. The third-order valence-electron chi connectivity index (χ3n) is 3.99. The third-order valence-corrected chi connectivity index (χ3v) is 3.99. The van der Waals surface area contributed by atoms with Crippen LogP contribution in [0.15, 0.2) is 42.5 Å². The summed E-state index contributed by atoms with van der Waals surface area (Å²) in [6.45, 7) is 0.484. The van der Waals surface area contributed by atoms with E-state index in [0.717, 1.165) is 5.56 Å². The van der Waals surface area contributed by atoms with Crippen molar-refractivity contribution in [3.05, 3.63) is 59.4 Å². The summed E-state index contributed by atoms with van der Waals surface area (Å²) in [5, 5.41) is 5.05. The lowest BCUT2D eigenvalue weighted by Crippen LogP contribution is -2.41. The van der Waals surface area contributed by atoms with Crippen molar-refractivity contribution in [2.75, 3.05) is 27.3 Å². The van der Waals surface area contributed by atoms with Gasteiger partial charge < -0.3 is 20.1 Å². The summed E-state index contributed by atoms with van der Waals surface area (Å²) < 4.78 is 23.9. The standard InChI is InChI=1S/C20H23FN2O4/c1-26-17-8-7-14(13-18(17)27-2)9-11-22-19(24)20(25)23-12-10-15-5-3-4-6-16(15)21/h3-8,13H,9-12H2,1-2H3,(H,22,24)(H,23,25). The number of carbonyl (C=O) groups is 2. The molecule has 7 heteroatoms. The monoisotopic (exact) mass is 374 g/mol. The van der Waals surface area contributed by atoms with Gasteiger partial charge in [0, 0.05) is 13.1 Å². The van der Waals surface area contributed by atoms with E-state index in [4.69, 9.17) is 9.47 Å². The highest BCUT2D eigenvalue weighted by atomic mass is 19.1. The van der Waals surface area contributed by atoms with Crippen molar-refractivity contribution in [2.45, 2.75) is 12.8 Å². The first-order valence-electron chi connectivity index (χ1n) is 8.55. The van der Waals surface area contributed by atoms with E-state index >= 15 is 0 Å². The summed E-state index contributed by atoms with van der Waals surface area (Å²) in [7, 11) is 3.11. The molecule has 0 unspecified atom stereocenters. The minimum atomic E-state index is -0.737. The maximum Gasteiger partial charge on any atom is 0.309 e. The van der Waals surface area contributed by atoms with E-state index in [1.807, 2.05) is 12.1 Å². The summed E-state index contributed by atoms with van der Waals surface area (Å²) in [6, 6.07) is 11.8. The second-order valence-corrected chi connectivity index (χ2v) is 5.79. The maximum atomic E-state index is 13.5. The van der Waals surface area contributed by atoms with Crippen molar-refractivity contribution >= 4 is 11.8 Å². The van der Waals surface area contributed by atoms with Gasteiger partial charge in [0.25, 0.3) is 0 Å². The molecule has 0 heterocycles. The molecule has 0 fully saturated rings. The molecule has 0 aliphatic rings. The molecule has 2 rings (SSSR count). The summed E-state index contributed by atoms with van der Waals surface area (Å²) in [5.41, 5.74) is 1.43. The molecule has 0 spiro atoms. The highest BCUT2D eigenvalue weighted by molar-refractivity contribution is 6.35. The molecule has 2 N–H and O–H groups in total. The Balaban J connectivity index is 1.73. The smallest absolute Gasteiger partial charge is 0.309 e. The van der Waals surface area contributed by atoms with Crippen molar-refractivity contribution in [2.24, 2.45) is 0 Å². The summed E-state index contributed by atoms with van der Waals surface area (Å²) in [6.07, 6.45) is 0.853. The van der Waals surface area contributed by atoms with Crippen molar-refractivity contribution in [3.8, 4) is 11.5 Å². The van der Waals surface area contributed by atoms with E-state index in [1.165, 1.54) is 6.07 Å². The number of rotatable bonds is 8. The van der Waals surface area contributed by atoms with Crippen molar-refractivity contribution in [1.82, 2.24) is 10.6 Å². The number of hydrogen-bond acceptors (Lipinski definition) is 4. The van der Waals surface area contributed by atoms with E-state index < -0.39 is 11.8 Å². The minimum Gasteiger partial charge on any atom is -0.493 e. The topological polar surface area (TPSA) is 76.7 Å². The lowest BCUT2D eigenvalue weighted by Gasteiger charge is -2.10. The fourth-order valence-corrected chi connectivity index (χ4v) is 2.53. The Morgan fingerprint density at radius 1 is 0.889 bits per heavy atom. The predicted octanol–water partition coefficient (Wildman–Crippen LogP) is 1.86. The molecular weight excluding hydrogens is 351 g/mol. The summed E-state index contributed by atoms with van der Waals surface area (Å²) >= 11 is 0. The number of amides is 2. The Hall–Kier alpha value is -3.09. The molecule has 0 saturated carbocycles. The molecule has 0 aliphatic carbocycles. The van der Waals surface area contributed by atoms with E-state index in [1.54, 1.807) is 38.5 Å². The summed E-state index contributed by atoms with van der Waals surface area (Å²) in [4.78, 5) is 23.6. The van der Waals surface area contributed by atoms with Gasteiger partial charge in [-0.1, -0.05) is 24.3 Å². The number of ether oxygens (including phenoxy) is 2. The SMILES string of the molecule is COc1ccc(CCNC(=O)C(=O)NCCc2ccccc2F)cc1OC. The first kappa shape index (κ1) is 20.2. The van der Waals surface area contributed by atoms with Crippen LogP contribution in [0.25, 0.3) is 0 Å². The van der Waals surface area contributed by atoms with Gasteiger partial charge in [-0.15, -0.1) is 0 Å². The van der Waals surface area contributed by atoms with Gasteiger partial charge in [-0.2, -0.15) is 0 Å². The van der Waals surface area contributed by atoms with Gasteiger partial charge in [-0.05, 0) is 42.2 Å². The lowest BCUT2D eigenvalue weighted by molar-refractivity contribution is -0.139. The van der Waals surface area contributed by atoms with Crippen LogP contribution in [0.4, 0.5) is 4.39 Å². The molecular formula is C20H23FN2O4. The number of benzene rings is 2. The Morgan fingerprint density at radius 2 is 1.52 bits per heavy atom. The van der Waals surface area contributed by atoms with Gasteiger partial charge in [0.15, 0.2) is 11.5 Å². The lowest BCUT2D eigenvalue weighted by atomic mass is 10.1. The van der Waals surface area contributed by atoms with Crippen LogP contribution in [0.3, 0.4) is 0 Å². The highest BCUT2D eigenvalue weighted by Crippen LogP contribution is 2.27. The molecule has 2 amide bonds. The van der Waals surface area contributed by atoms with Crippen LogP contribution < -0.4 is 20.1 Å². The fourth-order valence-electron chi connectivity index (χ4n) is 2.53. The third kappa shape index (κ3) is 5.99. The number of carbonyl (C=O) groups excluding carboxylic acids is 2. The molecule has 0 saturated heterocycles. The second kappa shape index (κ2) is 10.2. The van der Waals surface area contributed by atoms with Crippen LogP contribution >= 0.6 is 0 Å². The normalized spacial score (nSPS) is 10.2. The van der Waals surface area contributed by atoms with Gasteiger partial charge in [-0.25, -0.2) is 4.39 Å². The van der Waals surface area contributed by atoms with Gasteiger partial charge in [0.1, 0.15) is 5.82 Å². The molecule has 2 aromatic rings. The predicted molar refractivity (Wildman–Crippen MR) is 99.4 cm³/mol. The zero-order chi connectivity index (χ0) is 19.6. The van der Waals surface area contributed by atoms with Gasteiger partial charge >= 0.3 is 11.8 Å². The first-order valence-corrected chi connectivity index (χ1v) is 8.55. The van der Waals surface area contributed by atoms with Gasteiger partial charge in [-0.3, -0.25) is 9.59 Å². The Kier molecular flexibility index (Phi) is 7.61. The second-order valence-electron chi connectivity index (χ2n) is 5.79. The molecule has 0 aromatic heterocycles. The quantitative estimate of drug-likeness (QED) is 0.692. The van der Waals surface area contributed by atoms with Crippen LogP contribution in [-0.4, -0.2) is 39.1 Å². The highest BCUT2D eigenvalue weighted by Gasteiger charge is 2.13. The van der Waals surface area contributed by atoms with E-state index in [2.05, 4.69) is 10.6 Å². The number of methoxy groups -OCH3 is 2. The molecule has 144 valence electrons. The molecule has 0 atom stereocenters. The van der Waals surface area contributed by atoms with Crippen molar-refractivity contribution in [3.63, 3.8) is 0 Å². The minimum absolute atomic E-state index is 0.183. The molecule has 6 nitrogen and oxygen atoms in total. The number of nitrogens with one attached hydrogen (secondary N) is 2. The van der Waals surface area contributed by atoms with Crippen LogP contribution in [0.2, 0.25) is 0 Å². The van der Waals surface area contributed by atoms with Crippen molar-refractivity contribution < 1.29 is 23.5 Å². The molecule has 27 heavy (non-hydrogen) atoms. The first-order chi connectivity index (χ1) is 13.0. The van der Waals surface area contributed by atoms with Gasteiger partial charge in [0.05, 0.1) is 14.2 Å². The molecule has 0 radical (unpaired) electrons. The van der Waals surface area contributed by atoms with Crippen LogP contribution in [-0.2, 0) is 22.4 Å². The van der Waals surface area contributed by atoms with E-state index in [-0.39, 0.29) is 12.4 Å². The van der Waals surface area contributed by atoms with E-state index in [0.29, 0.717) is 36.4 Å². The van der Waals surface area contributed by atoms with E-state index in [9.17, 15) is 14.0 Å². The van der Waals surface area contributed by atoms with Crippen molar-refractivity contribution in [1.29, 1.82) is 0 Å². The zero-order valence-corrected chi connectivity index (χ0v) is 15.4. The van der Waals surface area contributed by atoms with Crippen LogP contribution in [0.5, 0.6) is 11.5 Å². The van der Waals surface area contributed by atoms with Crippen LogP contribution in [0, 0.1) is 5.82 Å². The Morgan fingerprint density at radius 3 is 2.15 bits per heavy atom. The molecule has 0 bridgehead atoms. The average molecular weight is 374 g/mol. The molecule has 0 aliphatic heterocycles. The fraction of sp³-hybridized carbons (Fsp3) is 0.300. The Bertz CT molecular complexity index is 795. The molecule has 2 aromatic carbocycles.